The van der Waals surface area contributed by atoms with Crippen LogP contribution in [0.1, 0.15) is 38.6 Å². The number of hydrogen-bond donors (Lipinski definition) is 1. The van der Waals surface area contributed by atoms with Crippen LogP contribution in [0.4, 0.5) is 5.95 Å². The smallest absolute Gasteiger partial charge is 0.274 e. The molecular weight excluding hydrogens is 440 g/mol. The Labute approximate surface area is 201 Å². The minimum absolute atomic E-state index is 0.131. The zero-order valence-corrected chi connectivity index (χ0v) is 20.8. The Morgan fingerprint density at radius 3 is 2.47 bits per heavy atom. The van der Waals surface area contributed by atoms with Gasteiger partial charge in [0.1, 0.15) is 19.5 Å². The third kappa shape index (κ3) is 5.00. The zero-order chi connectivity index (χ0) is 23.7. The molecule has 34 heavy (non-hydrogen) atoms. The minimum atomic E-state index is -1.49. The van der Waals surface area contributed by atoms with Crippen molar-refractivity contribution in [2.45, 2.75) is 51.5 Å². The molecule has 8 heteroatoms. The van der Waals surface area contributed by atoms with Crippen LogP contribution in [0.25, 0.3) is 0 Å². The van der Waals surface area contributed by atoms with Gasteiger partial charge in [-0.25, -0.2) is 19.9 Å². The molecule has 1 aliphatic carbocycles. The molecule has 1 N–H and O–H groups in total. The van der Waals surface area contributed by atoms with E-state index in [4.69, 9.17) is 4.98 Å². The highest BCUT2D eigenvalue weighted by Gasteiger charge is 2.26. The van der Waals surface area contributed by atoms with Crippen LogP contribution in [0, 0.1) is 11.5 Å². The van der Waals surface area contributed by atoms with E-state index in [9.17, 15) is 4.79 Å². The summed E-state index contributed by atoms with van der Waals surface area (Å²) in [4.78, 5) is 32.7. The second kappa shape index (κ2) is 8.99. The van der Waals surface area contributed by atoms with Crippen molar-refractivity contribution in [3.05, 3.63) is 76.6 Å². The van der Waals surface area contributed by atoms with E-state index in [-0.39, 0.29) is 5.91 Å². The molecule has 1 aromatic carbocycles. The Hall–Kier alpha value is -3.57. The van der Waals surface area contributed by atoms with Gasteiger partial charge < -0.3 is 10.2 Å². The maximum atomic E-state index is 13.0. The lowest BCUT2D eigenvalue weighted by molar-refractivity contribution is 0.0727. The summed E-state index contributed by atoms with van der Waals surface area (Å²) < 4.78 is 0. The number of anilines is 1. The van der Waals surface area contributed by atoms with Crippen molar-refractivity contribution < 1.29 is 4.79 Å². The lowest BCUT2D eigenvalue weighted by atomic mass is 10.1. The average molecular weight is 469 g/mol. The number of amides is 1. The maximum Gasteiger partial charge on any atom is 0.274 e. The first-order chi connectivity index (χ1) is 16.3. The topological polar surface area (TPSA) is 83.9 Å². The van der Waals surface area contributed by atoms with Gasteiger partial charge in [0, 0.05) is 37.3 Å². The molecule has 0 spiro atoms. The molecule has 3 aromatic rings. The molecule has 0 unspecified atom stereocenters. The quantitative estimate of drug-likeness (QED) is 0.469. The monoisotopic (exact) mass is 468 g/mol. The molecule has 0 saturated heterocycles. The fraction of sp³-hybridized carbons (Fsp3) is 0.346. The van der Waals surface area contributed by atoms with E-state index >= 15 is 0 Å². The van der Waals surface area contributed by atoms with Gasteiger partial charge in [-0.2, -0.15) is 0 Å². The molecule has 0 atom stereocenters. The van der Waals surface area contributed by atoms with Crippen LogP contribution in [-0.4, -0.2) is 51.4 Å². The number of fused-ring (bicyclic) bond motifs is 2. The van der Waals surface area contributed by atoms with Crippen LogP contribution in [0.5, 0.6) is 0 Å². The fourth-order valence-corrected chi connectivity index (χ4v) is 4.82. The number of rotatable bonds is 3. The first-order valence-corrected chi connectivity index (χ1v) is 15.2. The van der Waals surface area contributed by atoms with Crippen LogP contribution in [-0.2, 0) is 25.8 Å². The predicted molar refractivity (Wildman–Crippen MR) is 134 cm³/mol. The molecule has 5 rings (SSSR count). The molecule has 2 aromatic heterocycles. The van der Waals surface area contributed by atoms with Crippen LogP contribution in [0.2, 0.25) is 19.6 Å². The molecule has 1 aliphatic heterocycles. The summed E-state index contributed by atoms with van der Waals surface area (Å²) in [6.07, 6.45) is 7.62. The van der Waals surface area contributed by atoms with Crippen molar-refractivity contribution in [2.75, 3.05) is 11.9 Å². The third-order valence-corrected chi connectivity index (χ3v) is 6.92. The van der Waals surface area contributed by atoms with Crippen LogP contribution in [0.15, 0.2) is 42.9 Å². The molecular formula is C26H28N6OSi. The lowest BCUT2D eigenvalue weighted by Crippen LogP contribution is -2.37. The summed E-state index contributed by atoms with van der Waals surface area (Å²) in [6, 6.07) is 8.87. The van der Waals surface area contributed by atoms with Gasteiger partial charge >= 0.3 is 0 Å². The number of carbonyl (C=O) groups is 1. The van der Waals surface area contributed by atoms with Crippen molar-refractivity contribution in [1.29, 1.82) is 0 Å². The molecule has 0 saturated carbocycles. The van der Waals surface area contributed by atoms with E-state index in [2.05, 4.69) is 75.6 Å². The third-order valence-electron chi connectivity index (χ3n) is 6.04. The van der Waals surface area contributed by atoms with Gasteiger partial charge in [0.05, 0.1) is 18.1 Å². The average Bonchev–Trinajstić information content (AvgIpc) is 3.24. The van der Waals surface area contributed by atoms with Gasteiger partial charge in [0.25, 0.3) is 5.91 Å². The number of benzene rings is 1. The first-order valence-electron chi connectivity index (χ1n) is 11.7. The van der Waals surface area contributed by atoms with Gasteiger partial charge in [0.15, 0.2) is 0 Å². The SMILES string of the molecule is C[Si](C)(C)C#Cc1cnc(C(=O)N2CCc3nc(NC4Cc5ccccc5C4)ncc3C2)cn1. The summed E-state index contributed by atoms with van der Waals surface area (Å²) in [5.41, 5.74) is 8.97. The van der Waals surface area contributed by atoms with E-state index in [0.29, 0.717) is 42.9 Å². The highest BCUT2D eigenvalue weighted by Crippen LogP contribution is 2.25. The predicted octanol–water partition coefficient (Wildman–Crippen LogP) is 3.27. The molecule has 7 nitrogen and oxygen atoms in total. The largest absolute Gasteiger partial charge is 0.351 e. The fourth-order valence-electron chi connectivity index (χ4n) is 4.32. The highest BCUT2D eigenvalue weighted by molar-refractivity contribution is 6.83. The van der Waals surface area contributed by atoms with E-state index in [0.717, 1.165) is 24.1 Å². The molecule has 0 fully saturated rings. The summed E-state index contributed by atoms with van der Waals surface area (Å²) in [7, 11) is -1.49. The minimum Gasteiger partial charge on any atom is -0.351 e. The zero-order valence-electron chi connectivity index (χ0n) is 19.8. The number of hydrogen-bond acceptors (Lipinski definition) is 6. The molecule has 3 heterocycles. The normalized spacial score (nSPS) is 15.2. The molecule has 0 radical (unpaired) electrons. The number of nitrogens with zero attached hydrogens (tertiary/aromatic N) is 5. The molecule has 2 aliphatic rings. The summed E-state index contributed by atoms with van der Waals surface area (Å²) in [6.45, 7) is 7.60. The van der Waals surface area contributed by atoms with Crippen LogP contribution < -0.4 is 5.32 Å². The Kier molecular flexibility index (Phi) is 5.88. The summed E-state index contributed by atoms with van der Waals surface area (Å²) in [5.74, 6) is 3.60. The van der Waals surface area contributed by atoms with Crippen molar-refractivity contribution in [3.63, 3.8) is 0 Å². The van der Waals surface area contributed by atoms with Gasteiger partial charge in [-0.15, -0.1) is 5.54 Å². The van der Waals surface area contributed by atoms with Gasteiger partial charge in [-0.1, -0.05) is 49.8 Å². The van der Waals surface area contributed by atoms with Gasteiger partial charge in [-0.3, -0.25) is 4.79 Å². The van der Waals surface area contributed by atoms with E-state index in [1.54, 1.807) is 11.1 Å². The second-order valence-corrected chi connectivity index (χ2v) is 14.7. The van der Waals surface area contributed by atoms with Crippen LogP contribution in [0.3, 0.4) is 0 Å². The van der Waals surface area contributed by atoms with Crippen molar-refractivity contribution in [3.8, 4) is 11.5 Å². The number of nitrogens with one attached hydrogen (secondary N) is 1. The number of aromatic nitrogens is 4. The van der Waals surface area contributed by atoms with Gasteiger partial charge in [0.2, 0.25) is 5.95 Å². The Morgan fingerprint density at radius 2 is 1.79 bits per heavy atom. The Morgan fingerprint density at radius 1 is 1.03 bits per heavy atom. The molecule has 172 valence electrons. The molecule has 0 bridgehead atoms. The van der Waals surface area contributed by atoms with Crippen LogP contribution >= 0.6 is 0 Å². The highest BCUT2D eigenvalue weighted by atomic mass is 28.3. The van der Waals surface area contributed by atoms with E-state index in [1.807, 2.05) is 6.20 Å². The van der Waals surface area contributed by atoms with Crippen molar-refractivity contribution in [1.82, 2.24) is 24.8 Å². The Balaban J connectivity index is 1.22. The summed E-state index contributed by atoms with van der Waals surface area (Å²) in [5, 5.41) is 3.49. The maximum absolute atomic E-state index is 13.0. The Bertz CT molecular complexity index is 1260. The summed E-state index contributed by atoms with van der Waals surface area (Å²) >= 11 is 0. The standard InChI is InChI=1S/C26H28N6OSi/c1-34(2,3)11-9-21-15-28-24(16-27-21)25(33)32-10-8-23-20(17-32)14-29-26(31-23)30-22-12-18-6-4-5-7-19(18)13-22/h4-7,14-16,22H,8,10,12-13,17H2,1-3H3,(H,29,30,31). The van der Waals surface area contributed by atoms with E-state index in [1.165, 1.54) is 17.3 Å². The number of carbonyl (C=O) groups excluding carboxylic acids is 1. The van der Waals surface area contributed by atoms with E-state index < -0.39 is 8.07 Å². The molecule has 1 amide bonds. The first kappa shape index (κ1) is 22.2. The van der Waals surface area contributed by atoms with Crippen molar-refractivity contribution in [2.24, 2.45) is 0 Å². The van der Waals surface area contributed by atoms with Gasteiger partial charge in [-0.05, 0) is 24.0 Å². The lowest BCUT2D eigenvalue weighted by Gasteiger charge is -2.28. The van der Waals surface area contributed by atoms with Crippen molar-refractivity contribution >= 4 is 19.9 Å². The second-order valence-electron chi connectivity index (χ2n) is 9.95.